The van der Waals surface area contributed by atoms with Crippen LogP contribution in [-0.2, 0) is 41.6 Å². The molecule has 2 aromatic heterocycles. The average molecular weight is 557 g/mol. The Morgan fingerprint density at radius 2 is 1.95 bits per heavy atom. The normalized spacial score (nSPS) is 19.8. The summed E-state index contributed by atoms with van der Waals surface area (Å²) in [4.78, 5) is 20.9. The summed E-state index contributed by atoms with van der Waals surface area (Å²) in [5.74, 6) is 2.85. The Morgan fingerprint density at radius 1 is 1.21 bits per heavy atom. The number of nitrogens with two attached hydrogens (primary N) is 1. The molecule has 4 rings (SSSR count). The van der Waals surface area contributed by atoms with Crippen molar-refractivity contribution in [2.75, 3.05) is 6.61 Å². The zero-order valence-corrected chi connectivity index (χ0v) is 23.7. The molecule has 0 radical (unpaired) electrons. The minimum absolute atomic E-state index is 0.270. The van der Waals surface area contributed by atoms with E-state index in [2.05, 4.69) is 53.2 Å². The van der Waals surface area contributed by atoms with Crippen LogP contribution in [0.25, 0.3) is 11.0 Å². The Morgan fingerprint density at radius 3 is 2.61 bits per heavy atom. The van der Waals surface area contributed by atoms with Crippen molar-refractivity contribution in [3.63, 3.8) is 0 Å². The highest BCUT2D eigenvalue weighted by Crippen LogP contribution is 2.35. The van der Waals surface area contributed by atoms with Gasteiger partial charge in [-0.25, -0.2) is 15.1 Å². The second-order valence-electron chi connectivity index (χ2n) is 10.2. The third-order valence-corrected chi connectivity index (χ3v) is 7.30. The number of carbonyl (C=O) groups is 1. The average Bonchev–Trinajstić information content (AvgIpc) is 3.41. The third kappa shape index (κ3) is 7.27. The summed E-state index contributed by atoms with van der Waals surface area (Å²) in [5, 5.41) is 5.84. The smallest absolute Gasteiger partial charge is 0.333 e. The molecule has 1 saturated heterocycles. The maximum Gasteiger partial charge on any atom is 0.333 e. The molecule has 0 aliphatic carbocycles. The van der Waals surface area contributed by atoms with E-state index in [1.807, 2.05) is 29.0 Å². The van der Waals surface area contributed by atoms with E-state index in [9.17, 15) is 13.2 Å². The van der Waals surface area contributed by atoms with Gasteiger partial charge in [0.25, 0.3) is 0 Å². The Bertz CT molecular complexity index is 1470. The second kappa shape index (κ2) is 11.3. The molecule has 0 spiro atoms. The molecule has 0 saturated carbocycles. The number of nitrogens with zero attached hydrogens (tertiary/aromatic N) is 3. The molecule has 202 valence electrons. The summed E-state index contributed by atoms with van der Waals surface area (Å²) in [6, 6.07) is 10.2. The number of esters is 1. The zero-order valence-electron chi connectivity index (χ0n) is 21.9. The first-order chi connectivity index (χ1) is 17.9. The van der Waals surface area contributed by atoms with Crippen LogP contribution in [0.15, 0.2) is 42.9 Å². The molecule has 3 aromatic rings. The SMILES string of the molecule is CC(=O)O[C@H]1C[C@H](n2cc(C#C[Si](C)(C)C)c3c(CCc4ccccc4)ncnc32)O[C@H]1COS(N)(=O)=O. The lowest BCUT2D eigenvalue weighted by Gasteiger charge is -2.17. The van der Waals surface area contributed by atoms with Gasteiger partial charge in [0.2, 0.25) is 0 Å². The number of fused-ring (bicyclic) bond motifs is 1. The van der Waals surface area contributed by atoms with Crippen LogP contribution >= 0.6 is 0 Å². The molecule has 1 aliphatic rings. The summed E-state index contributed by atoms with van der Waals surface area (Å²) in [5.41, 5.74) is 6.94. The molecule has 2 N–H and O–H groups in total. The molecule has 10 nitrogen and oxygen atoms in total. The predicted octanol–water partition coefficient (Wildman–Crippen LogP) is 2.88. The van der Waals surface area contributed by atoms with Crippen LogP contribution in [0.5, 0.6) is 0 Å². The highest BCUT2D eigenvalue weighted by Gasteiger charge is 2.40. The van der Waals surface area contributed by atoms with Gasteiger partial charge in [-0.3, -0.25) is 8.98 Å². The van der Waals surface area contributed by atoms with Gasteiger partial charge in [0.05, 0.1) is 23.3 Å². The van der Waals surface area contributed by atoms with Crippen molar-refractivity contribution < 1.29 is 26.9 Å². The van der Waals surface area contributed by atoms with Crippen LogP contribution in [0, 0.1) is 11.5 Å². The van der Waals surface area contributed by atoms with Crippen LogP contribution < -0.4 is 5.14 Å². The van der Waals surface area contributed by atoms with E-state index < -0.39 is 42.8 Å². The van der Waals surface area contributed by atoms with E-state index in [1.165, 1.54) is 18.8 Å². The van der Waals surface area contributed by atoms with Crippen LogP contribution in [0.2, 0.25) is 19.6 Å². The van der Waals surface area contributed by atoms with E-state index in [4.69, 9.17) is 18.8 Å². The molecule has 1 aliphatic heterocycles. The van der Waals surface area contributed by atoms with Gasteiger partial charge in [0.15, 0.2) is 0 Å². The van der Waals surface area contributed by atoms with Gasteiger partial charge in [-0.15, -0.1) is 5.54 Å². The lowest BCUT2D eigenvalue weighted by Crippen LogP contribution is -2.32. The summed E-state index contributed by atoms with van der Waals surface area (Å²) < 4.78 is 40.9. The highest BCUT2D eigenvalue weighted by atomic mass is 32.2. The van der Waals surface area contributed by atoms with Gasteiger partial charge in [0.1, 0.15) is 38.5 Å². The fourth-order valence-electron chi connectivity index (χ4n) is 4.33. The quantitative estimate of drug-likeness (QED) is 0.254. The highest BCUT2D eigenvalue weighted by molar-refractivity contribution is 7.84. The van der Waals surface area contributed by atoms with Crippen LogP contribution in [0.3, 0.4) is 0 Å². The molecule has 12 heteroatoms. The van der Waals surface area contributed by atoms with E-state index >= 15 is 0 Å². The fraction of sp³-hybridized carbons (Fsp3) is 0.423. The van der Waals surface area contributed by atoms with Gasteiger partial charge in [-0.05, 0) is 18.4 Å². The second-order valence-corrected chi connectivity index (χ2v) is 16.2. The Balaban J connectivity index is 1.72. The maximum atomic E-state index is 11.7. The first-order valence-corrected chi connectivity index (χ1v) is 17.3. The van der Waals surface area contributed by atoms with Crippen molar-refractivity contribution in [3.8, 4) is 11.5 Å². The third-order valence-electron chi connectivity index (χ3n) is 5.96. The van der Waals surface area contributed by atoms with Gasteiger partial charge in [0, 0.05) is 19.5 Å². The van der Waals surface area contributed by atoms with Crippen molar-refractivity contribution in [2.24, 2.45) is 5.14 Å². The van der Waals surface area contributed by atoms with E-state index in [1.54, 1.807) is 0 Å². The largest absolute Gasteiger partial charge is 0.460 e. The van der Waals surface area contributed by atoms with Crippen molar-refractivity contribution in [1.82, 2.24) is 14.5 Å². The fourth-order valence-corrected chi connectivity index (χ4v) is 5.17. The number of carbonyl (C=O) groups excluding carboxylic acids is 1. The molecule has 0 bridgehead atoms. The number of hydrogen-bond donors (Lipinski definition) is 1. The van der Waals surface area contributed by atoms with Crippen molar-refractivity contribution >= 4 is 35.4 Å². The standard InChI is InChI=1S/C26H32N4O6SSi/c1-18(31)35-22-14-24(36-23(22)16-34-37(27,32)33)30-15-20(12-13-38(2,3)4)25-21(28-17-29-26(25)30)11-10-19-8-6-5-7-9-19/h5-9,15,17,22-24H,10-11,14,16H2,1-4H3,(H2,27,32,33)/t22-,23-,24+/m0/s1. The minimum Gasteiger partial charge on any atom is -0.460 e. The van der Waals surface area contributed by atoms with Crippen molar-refractivity contribution in [1.29, 1.82) is 0 Å². The number of aryl methyl sites for hydroxylation is 2. The lowest BCUT2D eigenvalue weighted by molar-refractivity contribution is -0.150. The number of benzene rings is 1. The lowest BCUT2D eigenvalue weighted by atomic mass is 10.1. The van der Waals surface area contributed by atoms with E-state index in [-0.39, 0.29) is 13.0 Å². The summed E-state index contributed by atoms with van der Waals surface area (Å²) in [6.45, 7) is 7.42. The zero-order chi connectivity index (χ0) is 27.5. The molecule has 0 unspecified atom stereocenters. The van der Waals surface area contributed by atoms with E-state index in [0.717, 1.165) is 23.1 Å². The minimum atomic E-state index is -4.19. The molecular weight excluding hydrogens is 524 g/mol. The number of hydrogen-bond acceptors (Lipinski definition) is 8. The molecule has 1 fully saturated rings. The van der Waals surface area contributed by atoms with Crippen molar-refractivity contribution in [2.45, 2.75) is 64.3 Å². The summed E-state index contributed by atoms with van der Waals surface area (Å²) >= 11 is 0. The van der Waals surface area contributed by atoms with E-state index in [0.29, 0.717) is 12.1 Å². The Hall–Kier alpha value is -3.08. The monoisotopic (exact) mass is 556 g/mol. The van der Waals surface area contributed by atoms with Gasteiger partial charge < -0.3 is 14.0 Å². The molecule has 3 atom stereocenters. The Kier molecular flexibility index (Phi) is 8.34. The molecule has 1 aromatic carbocycles. The molecular formula is C26H32N4O6SSi. The van der Waals surface area contributed by atoms with Crippen LogP contribution in [0.4, 0.5) is 0 Å². The number of ether oxygens (including phenoxy) is 2. The number of aromatic nitrogens is 3. The van der Waals surface area contributed by atoms with Crippen molar-refractivity contribution in [3.05, 3.63) is 59.7 Å². The maximum absolute atomic E-state index is 11.7. The van der Waals surface area contributed by atoms with Gasteiger partial charge in [-0.2, -0.15) is 8.42 Å². The molecule has 3 heterocycles. The first-order valence-electron chi connectivity index (χ1n) is 12.3. The summed E-state index contributed by atoms with van der Waals surface area (Å²) in [6.07, 6.45) is 3.01. The van der Waals surface area contributed by atoms with Gasteiger partial charge >= 0.3 is 16.3 Å². The van der Waals surface area contributed by atoms with Crippen LogP contribution in [0.1, 0.15) is 36.4 Å². The Labute approximate surface area is 223 Å². The summed E-state index contributed by atoms with van der Waals surface area (Å²) in [7, 11) is -5.89. The number of rotatable bonds is 8. The molecule has 0 amide bonds. The topological polar surface area (TPSA) is 136 Å². The molecule has 38 heavy (non-hydrogen) atoms. The first kappa shape index (κ1) is 27.9. The predicted molar refractivity (Wildman–Crippen MR) is 145 cm³/mol. The van der Waals surface area contributed by atoms with Crippen LogP contribution in [-0.4, -0.2) is 55.8 Å². The van der Waals surface area contributed by atoms with Gasteiger partial charge in [-0.1, -0.05) is 55.9 Å².